The molecular weight excluding hydrogens is 274 g/mol. The summed E-state index contributed by atoms with van der Waals surface area (Å²) in [6.07, 6.45) is -8.07. The zero-order chi connectivity index (χ0) is 15.5. The van der Waals surface area contributed by atoms with E-state index < -0.39 is 55.4 Å². The summed E-state index contributed by atoms with van der Waals surface area (Å²) in [5.74, 6) is -2.07. The molecule has 9 heteroatoms. The third-order valence-electron chi connectivity index (χ3n) is 3.31. The molecule has 0 aromatic rings. The van der Waals surface area contributed by atoms with Gasteiger partial charge in [-0.1, -0.05) is 0 Å². The molecule has 0 aromatic heterocycles. The van der Waals surface area contributed by atoms with Gasteiger partial charge < -0.3 is 45.9 Å². The quantitative estimate of drug-likeness (QED) is 0.240. The summed E-state index contributed by atoms with van der Waals surface area (Å²) in [5, 5.41) is 57.1. The van der Waals surface area contributed by atoms with Crippen molar-refractivity contribution in [3.8, 4) is 0 Å². The molecule has 0 spiro atoms. The van der Waals surface area contributed by atoms with Crippen molar-refractivity contribution in [2.45, 2.75) is 55.2 Å². The van der Waals surface area contributed by atoms with E-state index in [1.807, 2.05) is 0 Å². The average molecular weight is 295 g/mol. The Morgan fingerprint density at radius 3 is 2.50 bits per heavy atom. The van der Waals surface area contributed by atoms with Crippen molar-refractivity contribution in [2.75, 3.05) is 6.61 Å². The normalized spacial score (nSPS) is 39.0. The Hall–Kier alpha value is -0.650. The molecule has 118 valence electrons. The van der Waals surface area contributed by atoms with Crippen LogP contribution >= 0.6 is 0 Å². The number of rotatable bonds is 6. The summed E-state index contributed by atoms with van der Waals surface area (Å²) >= 11 is 0. The Morgan fingerprint density at radius 1 is 1.40 bits per heavy atom. The number of hydrogen-bond donors (Lipinski definition) is 7. The predicted octanol–water partition coefficient (Wildman–Crippen LogP) is -4.18. The van der Waals surface area contributed by atoms with Crippen LogP contribution in [-0.2, 0) is 9.53 Å². The van der Waals surface area contributed by atoms with Crippen molar-refractivity contribution < 1.29 is 40.2 Å². The summed E-state index contributed by atoms with van der Waals surface area (Å²) in [5.41, 5.74) is 5.63. The Balaban J connectivity index is 2.86. The number of aldehydes is 1. The molecule has 0 amide bonds. The monoisotopic (exact) mass is 295 g/mol. The maximum Gasteiger partial charge on any atom is 0.171 e. The van der Waals surface area contributed by atoms with E-state index in [9.17, 15) is 30.3 Å². The van der Waals surface area contributed by atoms with E-state index in [-0.39, 0.29) is 12.7 Å². The highest BCUT2D eigenvalue weighted by atomic mass is 16.6. The minimum Gasteiger partial charge on any atom is -0.394 e. The second-order valence-corrected chi connectivity index (χ2v) is 5.03. The molecule has 1 aliphatic heterocycles. The summed E-state index contributed by atoms with van der Waals surface area (Å²) in [4.78, 5) is 10.4. The van der Waals surface area contributed by atoms with Gasteiger partial charge in [-0.3, -0.25) is 0 Å². The van der Waals surface area contributed by atoms with Crippen molar-refractivity contribution in [2.24, 2.45) is 5.73 Å². The molecule has 0 saturated carbocycles. The standard InChI is InChI=1S/C11H21NO8/c12-8-6(16)2-11(19,1-5(15)3-13)20-10(8)9(18)7(17)4-14/h3,5-10,14-19H,1-2,4,12H2/t5?,6-,7+,8+,9+,10+,11+/m0/s1. The minimum absolute atomic E-state index is 0.191. The fourth-order valence-corrected chi connectivity index (χ4v) is 2.19. The molecular formula is C11H21NO8. The zero-order valence-electron chi connectivity index (χ0n) is 10.7. The van der Waals surface area contributed by atoms with Crippen LogP contribution in [0, 0.1) is 0 Å². The zero-order valence-corrected chi connectivity index (χ0v) is 10.7. The second-order valence-electron chi connectivity index (χ2n) is 5.03. The highest BCUT2D eigenvalue weighted by molar-refractivity contribution is 5.55. The number of carbonyl (C=O) groups excluding carboxylic acids is 1. The van der Waals surface area contributed by atoms with Gasteiger partial charge in [0.05, 0.1) is 18.8 Å². The lowest BCUT2D eigenvalue weighted by Crippen LogP contribution is -2.64. The molecule has 20 heavy (non-hydrogen) atoms. The van der Waals surface area contributed by atoms with Crippen molar-refractivity contribution in [3.63, 3.8) is 0 Å². The van der Waals surface area contributed by atoms with Gasteiger partial charge in [0.25, 0.3) is 0 Å². The minimum atomic E-state index is -2.07. The van der Waals surface area contributed by atoms with Gasteiger partial charge in [0.2, 0.25) is 0 Å². The molecule has 1 aliphatic rings. The number of hydrogen-bond acceptors (Lipinski definition) is 9. The number of nitrogens with two attached hydrogens (primary N) is 1. The van der Waals surface area contributed by atoms with Gasteiger partial charge in [-0.2, -0.15) is 0 Å². The maximum absolute atomic E-state index is 10.4. The largest absolute Gasteiger partial charge is 0.394 e. The van der Waals surface area contributed by atoms with Gasteiger partial charge in [0.15, 0.2) is 5.79 Å². The summed E-state index contributed by atoms with van der Waals surface area (Å²) < 4.78 is 5.14. The Labute approximate surface area is 115 Å². The van der Waals surface area contributed by atoms with E-state index in [4.69, 9.17) is 15.6 Å². The number of carbonyl (C=O) groups is 1. The molecule has 1 unspecified atom stereocenters. The second kappa shape index (κ2) is 6.87. The molecule has 8 N–H and O–H groups in total. The van der Waals surface area contributed by atoms with Gasteiger partial charge >= 0.3 is 0 Å². The Bertz CT molecular complexity index is 330. The first-order valence-electron chi connectivity index (χ1n) is 6.18. The van der Waals surface area contributed by atoms with Crippen molar-refractivity contribution in [1.29, 1.82) is 0 Å². The smallest absolute Gasteiger partial charge is 0.171 e. The molecule has 0 aliphatic carbocycles. The summed E-state index contributed by atoms with van der Waals surface area (Å²) in [7, 11) is 0. The van der Waals surface area contributed by atoms with E-state index in [0.717, 1.165) is 0 Å². The summed E-state index contributed by atoms with van der Waals surface area (Å²) in [6.45, 7) is -0.765. The van der Waals surface area contributed by atoms with E-state index in [1.165, 1.54) is 0 Å². The third-order valence-corrected chi connectivity index (χ3v) is 3.31. The lowest BCUT2D eigenvalue weighted by Gasteiger charge is -2.45. The highest BCUT2D eigenvalue weighted by Gasteiger charge is 2.48. The van der Waals surface area contributed by atoms with Crippen molar-refractivity contribution in [3.05, 3.63) is 0 Å². The van der Waals surface area contributed by atoms with Crippen molar-refractivity contribution >= 4 is 6.29 Å². The van der Waals surface area contributed by atoms with Crippen LogP contribution in [0.2, 0.25) is 0 Å². The number of aliphatic hydroxyl groups excluding tert-OH is 5. The van der Waals surface area contributed by atoms with Gasteiger partial charge in [0.1, 0.15) is 30.7 Å². The molecule has 7 atom stereocenters. The van der Waals surface area contributed by atoms with Gasteiger partial charge in [-0.05, 0) is 0 Å². The number of aliphatic hydroxyl groups is 6. The van der Waals surface area contributed by atoms with E-state index in [2.05, 4.69) is 0 Å². The van der Waals surface area contributed by atoms with Gasteiger partial charge in [-0.15, -0.1) is 0 Å². The fourth-order valence-electron chi connectivity index (χ4n) is 2.19. The van der Waals surface area contributed by atoms with Crippen LogP contribution in [0.4, 0.5) is 0 Å². The highest BCUT2D eigenvalue weighted by Crippen LogP contribution is 2.32. The van der Waals surface area contributed by atoms with Gasteiger partial charge in [0, 0.05) is 12.8 Å². The predicted molar refractivity (Wildman–Crippen MR) is 64.2 cm³/mol. The van der Waals surface area contributed by atoms with Crippen LogP contribution in [-0.4, -0.2) is 85.9 Å². The molecule has 1 rings (SSSR count). The third kappa shape index (κ3) is 3.93. The molecule has 1 fully saturated rings. The molecule has 1 heterocycles. The Morgan fingerprint density at radius 2 is 2.00 bits per heavy atom. The van der Waals surface area contributed by atoms with Crippen LogP contribution in [0.3, 0.4) is 0 Å². The lowest BCUT2D eigenvalue weighted by atomic mass is 9.87. The van der Waals surface area contributed by atoms with Crippen molar-refractivity contribution in [1.82, 2.24) is 0 Å². The van der Waals surface area contributed by atoms with E-state index in [0.29, 0.717) is 0 Å². The summed E-state index contributed by atoms with van der Waals surface area (Å²) in [6, 6.07) is -1.11. The topological polar surface area (TPSA) is 174 Å². The molecule has 9 nitrogen and oxygen atoms in total. The van der Waals surface area contributed by atoms with E-state index in [1.54, 1.807) is 0 Å². The van der Waals surface area contributed by atoms with Crippen LogP contribution in [0.1, 0.15) is 12.8 Å². The average Bonchev–Trinajstić information content (AvgIpc) is 2.40. The van der Waals surface area contributed by atoms with Crippen LogP contribution in [0.25, 0.3) is 0 Å². The molecule has 1 saturated heterocycles. The van der Waals surface area contributed by atoms with Crippen LogP contribution in [0.15, 0.2) is 0 Å². The SMILES string of the molecule is N[C@H]1[C@H]([C@H](O)[C@H](O)CO)O[C@](O)(CC(O)C=O)C[C@@H]1O. The van der Waals surface area contributed by atoms with E-state index >= 15 is 0 Å². The first kappa shape index (κ1) is 17.4. The molecule has 0 aromatic carbocycles. The Kier molecular flexibility index (Phi) is 5.98. The molecule has 0 bridgehead atoms. The first-order chi connectivity index (χ1) is 9.24. The van der Waals surface area contributed by atoms with Gasteiger partial charge in [-0.25, -0.2) is 0 Å². The van der Waals surface area contributed by atoms with Crippen LogP contribution < -0.4 is 5.73 Å². The lowest BCUT2D eigenvalue weighted by molar-refractivity contribution is -0.305. The maximum atomic E-state index is 10.4. The number of ether oxygens (including phenoxy) is 1. The van der Waals surface area contributed by atoms with Crippen LogP contribution in [0.5, 0.6) is 0 Å². The first-order valence-corrected chi connectivity index (χ1v) is 6.18. The molecule has 0 radical (unpaired) electrons. The fraction of sp³-hybridized carbons (Fsp3) is 0.909.